The van der Waals surface area contributed by atoms with Gasteiger partial charge in [0, 0.05) is 0 Å². The van der Waals surface area contributed by atoms with Crippen molar-refractivity contribution in [3.63, 3.8) is 0 Å². The lowest BCUT2D eigenvalue weighted by atomic mass is 9.76. The van der Waals surface area contributed by atoms with E-state index < -0.39 is 0 Å². The molecule has 0 aliphatic heterocycles. The van der Waals surface area contributed by atoms with Crippen LogP contribution in [0.25, 0.3) is 0 Å². The zero-order chi connectivity index (χ0) is 7.84. The van der Waals surface area contributed by atoms with Gasteiger partial charge in [0.25, 0.3) is 0 Å². The van der Waals surface area contributed by atoms with E-state index in [4.69, 9.17) is 0 Å². The maximum absolute atomic E-state index is 2.40. The summed E-state index contributed by atoms with van der Waals surface area (Å²) >= 11 is 0. The van der Waals surface area contributed by atoms with Crippen LogP contribution in [0, 0.1) is 23.7 Å². The van der Waals surface area contributed by atoms with Crippen molar-refractivity contribution in [3.05, 3.63) is 0 Å². The number of hydrogen-bond donors (Lipinski definition) is 0. The van der Waals surface area contributed by atoms with E-state index in [2.05, 4.69) is 13.8 Å². The number of hydrogen-bond acceptors (Lipinski definition) is 0. The largest absolute Gasteiger partial charge is 0.0625 e. The van der Waals surface area contributed by atoms with Gasteiger partial charge in [0.1, 0.15) is 0 Å². The molecule has 2 atom stereocenters. The van der Waals surface area contributed by atoms with Gasteiger partial charge in [0.05, 0.1) is 0 Å². The minimum absolute atomic E-state index is 0.943. The Morgan fingerprint density at radius 3 is 1.91 bits per heavy atom. The first-order valence-corrected chi connectivity index (χ1v) is 5.25. The topological polar surface area (TPSA) is 0 Å². The molecular formula is C11H20. The van der Waals surface area contributed by atoms with Crippen molar-refractivity contribution >= 4 is 0 Å². The molecule has 2 bridgehead atoms. The van der Waals surface area contributed by atoms with Crippen molar-refractivity contribution in [1.29, 1.82) is 0 Å². The molecule has 0 heteroatoms. The molecule has 0 spiro atoms. The minimum atomic E-state index is 0.943. The average Bonchev–Trinajstić information content (AvgIpc) is 2.30. The fourth-order valence-electron chi connectivity index (χ4n) is 3.10. The van der Waals surface area contributed by atoms with E-state index in [0.717, 1.165) is 23.7 Å². The number of rotatable bonds is 1. The van der Waals surface area contributed by atoms with E-state index >= 15 is 0 Å². The fraction of sp³-hybridized carbons (Fsp3) is 1.00. The molecule has 0 aromatic heterocycles. The van der Waals surface area contributed by atoms with Crippen LogP contribution in [0.4, 0.5) is 0 Å². The van der Waals surface area contributed by atoms with Crippen LogP contribution in [-0.4, -0.2) is 0 Å². The lowest BCUT2D eigenvalue weighted by Gasteiger charge is -2.30. The normalized spacial score (nSPS) is 43.4. The van der Waals surface area contributed by atoms with E-state index in [1.807, 2.05) is 0 Å². The molecule has 0 nitrogen and oxygen atoms in total. The number of fused-ring (bicyclic) bond motifs is 2. The summed E-state index contributed by atoms with van der Waals surface area (Å²) in [5, 5.41) is 0. The molecule has 0 saturated heterocycles. The molecule has 2 aliphatic rings. The van der Waals surface area contributed by atoms with Crippen LogP contribution in [-0.2, 0) is 0 Å². The van der Waals surface area contributed by atoms with Crippen LogP contribution in [0.5, 0.6) is 0 Å². The lowest BCUT2D eigenvalue weighted by molar-refractivity contribution is 0.208. The van der Waals surface area contributed by atoms with Gasteiger partial charge in [-0.1, -0.05) is 26.7 Å². The molecule has 2 saturated carbocycles. The van der Waals surface area contributed by atoms with Crippen molar-refractivity contribution in [1.82, 2.24) is 0 Å². The molecular weight excluding hydrogens is 132 g/mol. The third-order valence-corrected chi connectivity index (χ3v) is 3.86. The third kappa shape index (κ3) is 1.45. The Morgan fingerprint density at radius 2 is 1.45 bits per heavy atom. The van der Waals surface area contributed by atoms with Gasteiger partial charge in [-0.3, -0.25) is 0 Å². The second-order valence-electron chi connectivity index (χ2n) is 5.02. The standard InChI is InChI=1S/C11H20/c1-8(2)11-6-9-3-4-10(5-9)7-11/h8-11H,3-7H2,1-2H3. The summed E-state index contributed by atoms with van der Waals surface area (Å²) in [5.74, 6) is 4.27. The van der Waals surface area contributed by atoms with Gasteiger partial charge in [-0.15, -0.1) is 0 Å². The predicted molar refractivity (Wildman–Crippen MR) is 48.4 cm³/mol. The smallest absolute Gasteiger partial charge is 0.0386 e. The molecule has 11 heavy (non-hydrogen) atoms. The second kappa shape index (κ2) is 2.80. The van der Waals surface area contributed by atoms with Gasteiger partial charge < -0.3 is 0 Å². The Kier molecular flexibility index (Phi) is 1.95. The highest BCUT2D eigenvalue weighted by Gasteiger charge is 2.34. The van der Waals surface area contributed by atoms with Gasteiger partial charge in [0.2, 0.25) is 0 Å². The molecule has 2 fully saturated rings. The molecule has 64 valence electrons. The van der Waals surface area contributed by atoms with E-state index in [1.54, 1.807) is 32.1 Å². The SMILES string of the molecule is CC(C)C1CC2CCC(C2)C1. The van der Waals surface area contributed by atoms with Crippen molar-refractivity contribution < 1.29 is 0 Å². The highest BCUT2D eigenvalue weighted by Crippen LogP contribution is 2.46. The van der Waals surface area contributed by atoms with Crippen LogP contribution in [0.2, 0.25) is 0 Å². The van der Waals surface area contributed by atoms with Gasteiger partial charge >= 0.3 is 0 Å². The molecule has 2 aliphatic carbocycles. The molecule has 0 heterocycles. The van der Waals surface area contributed by atoms with Crippen LogP contribution in [0.3, 0.4) is 0 Å². The van der Waals surface area contributed by atoms with Crippen molar-refractivity contribution in [2.45, 2.75) is 46.0 Å². The quantitative estimate of drug-likeness (QED) is 0.539. The highest BCUT2D eigenvalue weighted by molar-refractivity contribution is 4.86. The molecule has 2 rings (SSSR count). The van der Waals surface area contributed by atoms with Gasteiger partial charge in [-0.2, -0.15) is 0 Å². The van der Waals surface area contributed by atoms with Crippen molar-refractivity contribution in [3.8, 4) is 0 Å². The minimum Gasteiger partial charge on any atom is -0.0625 e. The van der Waals surface area contributed by atoms with Crippen LogP contribution >= 0.6 is 0 Å². The molecule has 0 aromatic carbocycles. The fourth-order valence-corrected chi connectivity index (χ4v) is 3.10. The Labute approximate surface area is 70.4 Å². The molecule has 2 unspecified atom stereocenters. The summed E-state index contributed by atoms with van der Waals surface area (Å²) in [7, 11) is 0. The second-order valence-corrected chi connectivity index (χ2v) is 5.02. The summed E-state index contributed by atoms with van der Waals surface area (Å²) in [6, 6.07) is 0. The maximum Gasteiger partial charge on any atom is -0.0386 e. The summed E-state index contributed by atoms with van der Waals surface area (Å²) in [4.78, 5) is 0. The first-order chi connectivity index (χ1) is 5.25. The van der Waals surface area contributed by atoms with Crippen LogP contribution in [0.1, 0.15) is 46.0 Å². The monoisotopic (exact) mass is 152 g/mol. The van der Waals surface area contributed by atoms with Crippen LogP contribution in [0.15, 0.2) is 0 Å². The zero-order valence-electron chi connectivity index (χ0n) is 7.84. The van der Waals surface area contributed by atoms with E-state index in [-0.39, 0.29) is 0 Å². The van der Waals surface area contributed by atoms with E-state index in [1.165, 1.54) is 0 Å². The Hall–Kier alpha value is 0. The Balaban J connectivity index is 1.97. The van der Waals surface area contributed by atoms with Crippen LogP contribution < -0.4 is 0 Å². The predicted octanol–water partition coefficient (Wildman–Crippen LogP) is 3.47. The average molecular weight is 152 g/mol. The van der Waals surface area contributed by atoms with Gasteiger partial charge in [-0.05, 0) is 42.9 Å². The van der Waals surface area contributed by atoms with Crippen molar-refractivity contribution in [2.75, 3.05) is 0 Å². The van der Waals surface area contributed by atoms with E-state index in [0.29, 0.717) is 0 Å². The third-order valence-electron chi connectivity index (χ3n) is 3.86. The molecule has 0 aromatic rings. The molecule has 0 radical (unpaired) electrons. The zero-order valence-corrected chi connectivity index (χ0v) is 7.84. The molecule has 0 amide bonds. The van der Waals surface area contributed by atoms with Gasteiger partial charge in [0.15, 0.2) is 0 Å². The van der Waals surface area contributed by atoms with Crippen molar-refractivity contribution in [2.24, 2.45) is 23.7 Å². The first kappa shape index (κ1) is 7.64. The van der Waals surface area contributed by atoms with E-state index in [9.17, 15) is 0 Å². The molecule has 0 N–H and O–H groups in total. The highest BCUT2D eigenvalue weighted by atomic mass is 14.4. The Bertz CT molecular complexity index is 125. The first-order valence-electron chi connectivity index (χ1n) is 5.25. The summed E-state index contributed by atoms with van der Waals surface area (Å²) in [6.45, 7) is 4.80. The lowest BCUT2D eigenvalue weighted by Crippen LogP contribution is -2.19. The summed E-state index contributed by atoms with van der Waals surface area (Å²) in [6.07, 6.45) is 7.77. The Morgan fingerprint density at radius 1 is 0.909 bits per heavy atom. The summed E-state index contributed by atoms with van der Waals surface area (Å²) in [5.41, 5.74) is 0. The summed E-state index contributed by atoms with van der Waals surface area (Å²) < 4.78 is 0. The van der Waals surface area contributed by atoms with Gasteiger partial charge in [-0.25, -0.2) is 0 Å². The maximum atomic E-state index is 2.40.